The molecule has 0 fully saturated rings. The van der Waals surface area contributed by atoms with Crippen molar-refractivity contribution in [1.82, 2.24) is 15.0 Å². The third-order valence-electron chi connectivity index (χ3n) is 2.27. The number of hydrogen-bond acceptors (Lipinski definition) is 5. The Labute approximate surface area is 106 Å². The molecule has 19 heavy (non-hydrogen) atoms. The van der Waals surface area contributed by atoms with E-state index in [0.717, 1.165) is 12.1 Å². The second-order valence-electron chi connectivity index (χ2n) is 3.58. The summed E-state index contributed by atoms with van der Waals surface area (Å²) in [6.07, 6.45) is -1.82. The van der Waals surface area contributed by atoms with Gasteiger partial charge in [0.1, 0.15) is 5.82 Å². The molecule has 0 aliphatic heterocycles. The van der Waals surface area contributed by atoms with Crippen molar-refractivity contribution in [2.45, 2.75) is 6.18 Å². The number of alkyl halides is 3. The maximum atomic E-state index is 12.7. The summed E-state index contributed by atoms with van der Waals surface area (Å²) in [6, 6.07) is 1.61. The van der Waals surface area contributed by atoms with Gasteiger partial charge in [0.15, 0.2) is 5.69 Å². The topological polar surface area (TPSA) is 73.9 Å². The van der Waals surface area contributed by atoms with E-state index < -0.39 is 11.7 Å². The van der Waals surface area contributed by atoms with Crippen LogP contribution < -0.4 is 10.5 Å². The Bertz CT molecular complexity index is 601. The molecule has 0 saturated heterocycles. The van der Waals surface area contributed by atoms with Crippen molar-refractivity contribution in [1.29, 1.82) is 0 Å². The van der Waals surface area contributed by atoms with Gasteiger partial charge in [0.25, 0.3) is 0 Å². The molecule has 2 heterocycles. The molecule has 2 N–H and O–H groups in total. The molecule has 2 rings (SSSR count). The zero-order chi connectivity index (χ0) is 14.0. The zero-order valence-corrected chi connectivity index (χ0v) is 9.77. The van der Waals surface area contributed by atoms with Gasteiger partial charge >= 0.3 is 6.18 Å². The number of nitrogen functional groups attached to an aromatic ring is 1. The van der Waals surface area contributed by atoms with E-state index in [-0.39, 0.29) is 23.1 Å². The van der Waals surface area contributed by atoms with Crippen molar-refractivity contribution in [3.05, 3.63) is 30.1 Å². The minimum atomic E-state index is -4.51. The smallest absolute Gasteiger partial charge is 0.416 e. The summed E-state index contributed by atoms with van der Waals surface area (Å²) in [5.74, 6) is -0.175. The van der Waals surface area contributed by atoms with Gasteiger partial charge in [-0.1, -0.05) is 0 Å². The average Bonchev–Trinajstić information content (AvgIpc) is 2.37. The van der Waals surface area contributed by atoms with Crippen molar-refractivity contribution < 1.29 is 17.9 Å². The second kappa shape index (κ2) is 4.71. The van der Waals surface area contributed by atoms with Crippen LogP contribution in [0.1, 0.15) is 5.56 Å². The number of rotatable bonds is 2. The number of halogens is 3. The van der Waals surface area contributed by atoms with Crippen molar-refractivity contribution in [3.8, 4) is 17.3 Å². The standard InChI is InChI=1S/C11H9F3N4O/c1-19-10-9(16-2-3-17-10)7-4-6(11(12,13)14)5-8(15)18-7/h2-5H,1H3,(H2,15,18). The first kappa shape index (κ1) is 13.1. The van der Waals surface area contributed by atoms with Gasteiger partial charge < -0.3 is 10.5 Å². The van der Waals surface area contributed by atoms with Gasteiger partial charge in [-0.15, -0.1) is 0 Å². The number of pyridine rings is 1. The van der Waals surface area contributed by atoms with Gasteiger partial charge in [-0.2, -0.15) is 13.2 Å². The molecule has 100 valence electrons. The highest BCUT2D eigenvalue weighted by Crippen LogP contribution is 2.33. The molecule has 0 amide bonds. The first-order chi connectivity index (χ1) is 8.91. The fourth-order valence-electron chi connectivity index (χ4n) is 1.49. The summed E-state index contributed by atoms with van der Waals surface area (Å²) in [7, 11) is 1.34. The number of hydrogen-bond donors (Lipinski definition) is 1. The first-order valence-corrected chi connectivity index (χ1v) is 5.12. The highest BCUT2D eigenvalue weighted by Gasteiger charge is 2.32. The average molecular weight is 270 g/mol. The second-order valence-corrected chi connectivity index (χ2v) is 3.58. The number of nitrogens with zero attached hydrogens (tertiary/aromatic N) is 3. The number of methoxy groups -OCH3 is 1. The van der Waals surface area contributed by atoms with Gasteiger partial charge in [0.2, 0.25) is 5.88 Å². The lowest BCUT2D eigenvalue weighted by Gasteiger charge is -2.10. The molecule has 5 nitrogen and oxygen atoms in total. The molecular weight excluding hydrogens is 261 g/mol. The fraction of sp³-hybridized carbons (Fsp3) is 0.182. The number of anilines is 1. The molecule has 0 aliphatic rings. The van der Waals surface area contributed by atoms with E-state index >= 15 is 0 Å². The highest BCUT2D eigenvalue weighted by molar-refractivity contribution is 5.62. The van der Waals surface area contributed by atoms with E-state index in [2.05, 4.69) is 15.0 Å². The van der Waals surface area contributed by atoms with E-state index in [1.54, 1.807) is 0 Å². The van der Waals surface area contributed by atoms with Crippen LogP contribution in [0.5, 0.6) is 5.88 Å². The Morgan fingerprint density at radius 3 is 2.47 bits per heavy atom. The van der Waals surface area contributed by atoms with Crippen LogP contribution in [-0.4, -0.2) is 22.1 Å². The van der Waals surface area contributed by atoms with E-state index in [4.69, 9.17) is 10.5 Å². The molecule has 0 saturated carbocycles. The number of nitrogens with two attached hydrogens (primary N) is 1. The van der Waals surface area contributed by atoms with Crippen LogP contribution >= 0.6 is 0 Å². The summed E-state index contributed by atoms with van der Waals surface area (Å²) in [4.78, 5) is 11.6. The fourth-order valence-corrected chi connectivity index (χ4v) is 1.49. The van der Waals surface area contributed by atoms with Crippen LogP contribution in [0.2, 0.25) is 0 Å². The monoisotopic (exact) mass is 270 g/mol. The molecule has 0 unspecified atom stereocenters. The maximum Gasteiger partial charge on any atom is 0.416 e. The van der Waals surface area contributed by atoms with Crippen molar-refractivity contribution in [3.63, 3.8) is 0 Å². The molecule has 0 spiro atoms. The predicted molar refractivity (Wildman–Crippen MR) is 61.2 cm³/mol. The summed E-state index contributed by atoms with van der Waals surface area (Å²) >= 11 is 0. The van der Waals surface area contributed by atoms with Gasteiger partial charge in [0, 0.05) is 12.4 Å². The van der Waals surface area contributed by atoms with E-state index in [1.807, 2.05) is 0 Å². The Morgan fingerprint density at radius 1 is 1.16 bits per heavy atom. The highest BCUT2D eigenvalue weighted by atomic mass is 19.4. The molecule has 0 atom stereocenters. The predicted octanol–water partition coefficient (Wildman–Crippen LogP) is 2.15. The Hall–Kier alpha value is -2.38. The van der Waals surface area contributed by atoms with Crippen LogP contribution in [0.4, 0.5) is 19.0 Å². The summed E-state index contributed by atoms with van der Waals surface area (Å²) in [5.41, 5.74) is 4.54. The normalized spacial score (nSPS) is 11.4. The molecule has 2 aromatic heterocycles. The molecule has 0 radical (unpaired) electrons. The Morgan fingerprint density at radius 2 is 1.84 bits per heavy atom. The molecule has 2 aromatic rings. The Kier molecular flexibility index (Phi) is 3.24. The minimum absolute atomic E-state index is 0.0442. The van der Waals surface area contributed by atoms with Crippen LogP contribution in [0, 0.1) is 0 Å². The van der Waals surface area contributed by atoms with Gasteiger partial charge in [-0.3, -0.25) is 0 Å². The summed E-state index contributed by atoms with van der Waals surface area (Å²) in [5, 5.41) is 0. The third-order valence-corrected chi connectivity index (χ3v) is 2.27. The molecule has 8 heteroatoms. The lowest BCUT2D eigenvalue weighted by atomic mass is 10.2. The van der Waals surface area contributed by atoms with Gasteiger partial charge in [-0.05, 0) is 12.1 Å². The molecule has 0 aliphatic carbocycles. The largest absolute Gasteiger partial charge is 0.479 e. The third kappa shape index (κ3) is 2.72. The maximum absolute atomic E-state index is 12.7. The van der Waals surface area contributed by atoms with Crippen molar-refractivity contribution >= 4 is 5.82 Å². The number of aromatic nitrogens is 3. The summed E-state index contributed by atoms with van der Waals surface area (Å²) < 4.78 is 43.0. The van der Waals surface area contributed by atoms with Crippen LogP contribution in [0.25, 0.3) is 11.4 Å². The van der Waals surface area contributed by atoms with Crippen LogP contribution in [-0.2, 0) is 6.18 Å². The van der Waals surface area contributed by atoms with E-state index in [9.17, 15) is 13.2 Å². The van der Waals surface area contributed by atoms with Gasteiger partial charge in [-0.25, -0.2) is 15.0 Å². The molecule has 0 bridgehead atoms. The lowest BCUT2D eigenvalue weighted by Crippen LogP contribution is -2.08. The van der Waals surface area contributed by atoms with Crippen molar-refractivity contribution in [2.75, 3.05) is 12.8 Å². The summed E-state index contributed by atoms with van der Waals surface area (Å²) in [6.45, 7) is 0. The quantitative estimate of drug-likeness (QED) is 0.905. The zero-order valence-electron chi connectivity index (χ0n) is 9.77. The van der Waals surface area contributed by atoms with E-state index in [0.29, 0.717) is 0 Å². The minimum Gasteiger partial charge on any atom is -0.479 e. The van der Waals surface area contributed by atoms with Crippen molar-refractivity contribution in [2.24, 2.45) is 0 Å². The van der Waals surface area contributed by atoms with Crippen LogP contribution in [0.3, 0.4) is 0 Å². The van der Waals surface area contributed by atoms with Gasteiger partial charge in [0.05, 0.1) is 18.4 Å². The Balaban J connectivity index is 2.60. The lowest BCUT2D eigenvalue weighted by molar-refractivity contribution is -0.137. The molecule has 0 aromatic carbocycles. The molecular formula is C11H9F3N4O. The number of ether oxygens (including phenoxy) is 1. The SMILES string of the molecule is COc1nccnc1-c1cc(C(F)(F)F)cc(N)n1. The first-order valence-electron chi connectivity index (χ1n) is 5.12. The van der Waals surface area contributed by atoms with Crippen LogP contribution in [0.15, 0.2) is 24.5 Å². The van der Waals surface area contributed by atoms with E-state index in [1.165, 1.54) is 19.5 Å².